The molecule has 0 aromatic heterocycles. The molecule has 0 radical (unpaired) electrons. The van der Waals surface area contributed by atoms with Crippen LogP contribution in [0.5, 0.6) is 0 Å². The first-order chi connectivity index (χ1) is 10.1. The lowest BCUT2D eigenvalue weighted by Gasteiger charge is -2.34. The molecular formula is C16H23ClN2O2. The van der Waals surface area contributed by atoms with Gasteiger partial charge in [-0.3, -0.25) is 14.5 Å². The van der Waals surface area contributed by atoms with Gasteiger partial charge in [-0.15, -0.1) is 0 Å². The monoisotopic (exact) mass is 310 g/mol. The van der Waals surface area contributed by atoms with Crippen LogP contribution in [0.15, 0.2) is 10.7 Å². The summed E-state index contributed by atoms with van der Waals surface area (Å²) in [6.07, 6.45) is 7.46. The average Bonchev–Trinajstić information content (AvgIpc) is 2.70. The van der Waals surface area contributed by atoms with Gasteiger partial charge >= 0.3 is 0 Å². The highest BCUT2D eigenvalue weighted by Gasteiger charge is 2.44. The lowest BCUT2D eigenvalue weighted by molar-refractivity contribution is -0.141. The van der Waals surface area contributed by atoms with Crippen LogP contribution in [0.25, 0.3) is 0 Å². The molecule has 5 heteroatoms. The van der Waals surface area contributed by atoms with Gasteiger partial charge in [-0.25, -0.2) is 0 Å². The lowest BCUT2D eigenvalue weighted by atomic mass is 9.94. The molecule has 3 rings (SSSR count). The van der Waals surface area contributed by atoms with Crippen molar-refractivity contribution in [3.63, 3.8) is 0 Å². The number of likely N-dealkylation sites (tertiary alicyclic amines) is 1. The van der Waals surface area contributed by atoms with Crippen LogP contribution in [0, 0.1) is 5.92 Å². The van der Waals surface area contributed by atoms with Crippen molar-refractivity contribution in [1.82, 2.24) is 9.80 Å². The van der Waals surface area contributed by atoms with Gasteiger partial charge in [0.15, 0.2) is 0 Å². The molecule has 1 atom stereocenters. The van der Waals surface area contributed by atoms with E-state index >= 15 is 0 Å². The normalized spacial score (nSPS) is 28.8. The number of hydrogen-bond donors (Lipinski definition) is 0. The van der Waals surface area contributed by atoms with E-state index in [-0.39, 0.29) is 22.9 Å². The predicted molar refractivity (Wildman–Crippen MR) is 81.6 cm³/mol. The Balaban J connectivity index is 1.81. The molecule has 0 spiro atoms. The minimum absolute atomic E-state index is 0.0483. The molecule has 0 aromatic rings. The summed E-state index contributed by atoms with van der Waals surface area (Å²) in [4.78, 5) is 28.7. The first kappa shape index (κ1) is 14.9. The van der Waals surface area contributed by atoms with Crippen LogP contribution in [0.1, 0.15) is 51.9 Å². The van der Waals surface area contributed by atoms with Gasteiger partial charge in [0.1, 0.15) is 10.7 Å². The summed E-state index contributed by atoms with van der Waals surface area (Å²) in [5.74, 6) is 0.107. The Bertz CT molecular complexity index is 483. The zero-order valence-corrected chi connectivity index (χ0v) is 13.4. The van der Waals surface area contributed by atoms with E-state index in [2.05, 4.69) is 6.92 Å². The number of rotatable bonds is 2. The number of hydrogen-bond acceptors (Lipinski definition) is 3. The quantitative estimate of drug-likeness (QED) is 0.736. The van der Waals surface area contributed by atoms with Crippen LogP contribution in [0.3, 0.4) is 0 Å². The maximum atomic E-state index is 12.8. The van der Waals surface area contributed by atoms with Crippen molar-refractivity contribution in [3.8, 4) is 0 Å². The number of amides is 2. The summed E-state index contributed by atoms with van der Waals surface area (Å²) in [7, 11) is 0. The van der Waals surface area contributed by atoms with Gasteiger partial charge < -0.3 is 4.90 Å². The first-order valence-corrected chi connectivity index (χ1v) is 8.50. The topological polar surface area (TPSA) is 40.6 Å². The molecule has 2 fully saturated rings. The number of piperidine rings is 1. The van der Waals surface area contributed by atoms with Gasteiger partial charge in [-0.05, 0) is 31.6 Å². The number of carbonyl (C=O) groups is 2. The average molecular weight is 311 g/mol. The number of halogens is 1. The minimum Gasteiger partial charge on any atom is -0.365 e. The molecule has 0 N–H and O–H groups in total. The Labute approximate surface area is 131 Å². The maximum absolute atomic E-state index is 12.8. The van der Waals surface area contributed by atoms with E-state index in [1.54, 1.807) is 0 Å². The predicted octanol–water partition coefficient (Wildman–Crippen LogP) is 2.87. The van der Waals surface area contributed by atoms with E-state index in [4.69, 9.17) is 11.6 Å². The van der Waals surface area contributed by atoms with Gasteiger partial charge in [0.2, 0.25) is 0 Å². The third kappa shape index (κ3) is 2.70. The molecule has 1 saturated heterocycles. The third-order valence-corrected chi connectivity index (χ3v) is 5.29. The Morgan fingerprint density at radius 2 is 1.71 bits per heavy atom. The van der Waals surface area contributed by atoms with Gasteiger partial charge in [0.25, 0.3) is 11.8 Å². The number of carbonyl (C=O) groups excluding carboxylic acids is 2. The standard InChI is InChI=1S/C16H23ClN2O2/c1-11-6-5-9-18(10-11)14-13(17)15(20)19(16(14)21)12-7-3-2-4-8-12/h11-12H,2-10H2,1H3. The zero-order chi connectivity index (χ0) is 15.0. The molecule has 0 aromatic carbocycles. The van der Waals surface area contributed by atoms with Gasteiger partial charge in [-0.1, -0.05) is 37.8 Å². The Kier molecular flexibility index (Phi) is 4.25. The molecule has 1 aliphatic carbocycles. The van der Waals surface area contributed by atoms with Crippen molar-refractivity contribution in [3.05, 3.63) is 10.7 Å². The van der Waals surface area contributed by atoms with E-state index in [0.29, 0.717) is 11.6 Å². The number of nitrogens with zero attached hydrogens (tertiary/aromatic N) is 2. The smallest absolute Gasteiger partial charge is 0.279 e. The molecule has 2 heterocycles. The van der Waals surface area contributed by atoms with E-state index in [9.17, 15) is 9.59 Å². The molecule has 116 valence electrons. The van der Waals surface area contributed by atoms with Crippen LogP contribution in [-0.4, -0.2) is 40.7 Å². The summed E-state index contributed by atoms with van der Waals surface area (Å²) in [6.45, 7) is 3.83. The molecule has 2 amide bonds. The maximum Gasteiger partial charge on any atom is 0.279 e. The Morgan fingerprint density at radius 1 is 1.00 bits per heavy atom. The van der Waals surface area contributed by atoms with E-state index < -0.39 is 0 Å². The fraction of sp³-hybridized carbons (Fsp3) is 0.750. The highest BCUT2D eigenvalue weighted by Crippen LogP contribution is 2.34. The fourth-order valence-corrected chi connectivity index (χ4v) is 4.14. The van der Waals surface area contributed by atoms with Crippen LogP contribution >= 0.6 is 11.6 Å². The van der Waals surface area contributed by atoms with Gasteiger partial charge in [0.05, 0.1) is 0 Å². The lowest BCUT2D eigenvalue weighted by Crippen LogP contribution is -2.44. The first-order valence-electron chi connectivity index (χ1n) is 8.12. The summed E-state index contributed by atoms with van der Waals surface area (Å²) < 4.78 is 0. The summed E-state index contributed by atoms with van der Waals surface area (Å²) in [5, 5.41) is 0.139. The van der Waals surface area contributed by atoms with E-state index in [1.165, 1.54) is 17.7 Å². The van der Waals surface area contributed by atoms with Crippen molar-refractivity contribution in [2.75, 3.05) is 13.1 Å². The van der Waals surface area contributed by atoms with Crippen molar-refractivity contribution in [2.24, 2.45) is 5.92 Å². The molecule has 4 nitrogen and oxygen atoms in total. The molecule has 2 aliphatic heterocycles. The second-order valence-electron chi connectivity index (χ2n) is 6.63. The molecule has 21 heavy (non-hydrogen) atoms. The summed E-state index contributed by atoms with van der Waals surface area (Å²) >= 11 is 6.24. The third-order valence-electron chi connectivity index (χ3n) is 4.95. The largest absolute Gasteiger partial charge is 0.365 e. The van der Waals surface area contributed by atoms with E-state index in [0.717, 1.165) is 45.2 Å². The summed E-state index contributed by atoms with van der Waals surface area (Å²) in [5.41, 5.74) is 0.457. The number of imide groups is 1. The highest BCUT2D eigenvalue weighted by molar-refractivity contribution is 6.47. The van der Waals surface area contributed by atoms with Crippen LogP contribution < -0.4 is 0 Å². The fourth-order valence-electron chi connectivity index (χ4n) is 3.84. The van der Waals surface area contributed by atoms with Crippen LogP contribution in [-0.2, 0) is 9.59 Å². The van der Waals surface area contributed by atoms with Crippen molar-refractivity contribution in [1.29, 1.82) is 0 Å². The second-order valence-corrected chi connectivity index (χ2v) is 7.01. The molecule has 1 saturated carbocycles. The van der Waals surface area contributed by atoms with Crippen molar-refractivity contribution < 1.29 is 9.59 Å². The van der Waals surface area contributed by atoms with E-state index in [1.807, 2.05) is 4.90 Å². The molecule has 3 aliphatic rings. The molecule has 1 unspecified atom stereocenters. The summed E-state index contributed by atoms with van der Waals surface area (Å²) in [6, 6.07) is 0.0483. The minimum atomic E-state index is -0.276. The highest BCUT2D eigenvalue weighted by atomic mass is 35.5. The SMILES string of the molecule is CC1CCCN(C2=C(Cl)C(=O)N(C3CCCCC3)C2=O)C1. The second kappa shape index (κ2) is 5.99. The van der Waals surface area contributed by atoms with Crippen LogP contribution in [0.2, 0.25) is 0 Å². The van der Waals surface area contributed by atoms with Crippen LogP contribution in [0.4, 0.5) is 0 Å². The zero-order valence-electron chi connectivity index (χ0n) is 12.6. The van der Waals surface area contributed by atoms with Gasteiger partial charge in [-0.2, -0.15) is 0 Å². The Hall–Kier alpha value is -1.03. The van der Waals surface area contributed by atoms with Gasteiger partial charge in [0, 0.05) is 19.1 Å². The Morgan fingerprint density at radius 3 is 2.38 bits per heavy atom. The van der Waals surface area contributed by atoms with Crippen molar-refractivity contribution in [2.45, 2.75) is 57.9 Å². The molecule has 0 bridgehead atoms. The van der Waals surface area contributed by atoms with Crippen molar-refractivity contribution >= 4 is 23.4 Å². The molecular weight excluding hydrogens is 288 g/mol.